The second-order valence-corrected chi connectivity index (χ2v) is 7.46. The van der Waals surface area contributed by atoms with Gasteiger partial charge in [0.15, 0.2) is 0 Å². The molecule has 0 radical (unpaired) electrons. The van der Waals surface area contributed by atoms with Crippen molar-refractivity contribution in [3.8, 4) is 0 Å². The number of amides is 1. The summed E-state index contributed by atoms with van der Waals surface area (Å²) < 4.78 is 1.07. The molecule has 0 fully saturated rings. The highest BCUT2D eigenvalue weighted by Gasteiger charge is 2.17. The lowest BCUT2D eigenvalue weighted by atomic mass is 10.3. The van der Waals surface area contributed by atoms with Gasteiger partial charge in [-0.25, -0.2) is 4.98 Å². The van der Waals surface area contributed by atoms with Crippen molar-refractivity contribution in [1.29, 1.82) is 0 Å². The van der Waals surface area contributed by atoms with Crippen molar-refractivity contribution in [1.82, 2.24) is 9.88 Å². The Balaban J connectivity index is 2.05. The molecule has 102 valence electrons. The zero-order chi connectivity index (χ0) is 14.0. The van der Waals surface area contributed by atoms with Gasteiger partial charge in [0.1, 0.15) is 10.7 Å². The number of carbonyl (C=O) groups is 1. The number of nitrogens with two attached hydrogens (primary N) is 1. The molecule has 0 spiro atoms. The SMILES string of the molecule is CC(N)c1nc(C(=O)N(C)Cc2csc(Br)c2)cs1. The van der Waals surface area contributed by atoms with E-state index in [1.54, 1.807) is 28.7 Å². The van der Waals surface area contributed by atoms with Crippen LogP contribution in [-0.2, 0) is 6.54 Å². The predicted molar refractivity (Wildman–Crippen MR) is 82.5 cm³/mol. The molecule has 0 saturated heterocycles. The van der Waals surface area contributed by atoms with Crippen molar-refractivity contribution in [2.24, 2.45) is 5.73 Å². The van der Waals surface area contributed by atoms with E-state index < -0.39 is 0 Å². The molecule has 0 aliphatic heterocycles. The maximum atomic E-state index is 12.2. The Hall–Kier alpha value is -0.760. The number of thiazole rings is 1. The van der Waals surface area contributed by atoms with E-state index in [4.69, 9.17) is 5.73 Å². The molecule has 2 heterocycles. The zero-order valence-corrected chi connectivity index (χ0v) is 13.8. The first-order chi connectivity index (χ1) is 8.97. The standard InChI is InChI=1S/C12H14BrN3OS2/c1-7(14)11-15-9(6-19-11)12(17)16(2)4-8-3-10(13)18-5-8/h3,5-7H,4,14H2,1-2H3. The van der Waals surface area contributed by atoms with Crippen molar-refractivity contribution in [3.05, 3.63) is 36.9 Å². The summed E-state index contributed by atoms with van der Waals surface area (Å²) in [7, 11) is 1.78. The molecule has 1 unspecified atom stereocenters. The summed E-state index contributed by atoms with van der Waals surface area (Å²) >= 11 is 6.45. The summed E-state index contributed by atoms with van der Waals surface area (Å²) in [5, 5.41) is 4.58. The van der Waals surface area contributed by atoms with Crippen LogP contribution in [0.15, 0.2) is 20.6 Å². The highest BCUT2D eigenvalue weighted by atomic mass is 79.9. The number of hydrogen-bond donors (Lipinski definition) is 1. The number of aromatic nitrogens is 1. The number of carbonyl (C=O) groups excluding carboxylic acids is 1. The molecule has 2 aromatic heterocycles. The van der Waals surface area contributed by atoms with Crippen LogP contribution in [0.25, 0.3) is 0 Å². The van der Waals surface area contributed by atoms with Gasteiger partial charge >= 0.3 is 0 Å². The van der Waals surface area contributed by atoms with Gasteiger partial charge in [0.25, 0.3) is 5.91 Å². The Kier molecular flexibility index (Phi) is 4.72. The van der Waals surface area contributed by atoms with Crippen LogP contribution < -0.4 is 5.73 Å². The van der Waals surface area contributed by atoms with Gasteiger partial charge in [0.05, 0.1) is 9.83 Å². The zero-order valence-electron chi connectivity index (χ0n) is 10.6. The summed E-state index contributed by atoms with van der Waals surface area (Å²) in [5.41, 5.74) is 7.32. The van der Waals surface area contributed by atoms with E-state index in [1.165, 1.54) is 11.3 Å². The highest BCUT2D eigenvalue weighted by molar-refractivity contribution is 9.11. The smallest absolute Gasteiger partial charge is 0.273 e. The van der Waals surface area contributed by atoms with E-state index in [-0.39, 0.29) is 11.9 Å². The van der Waals surface area contributed by atoms with Crippen LogP contribution in [-0.4, -0.2) is 22.8 Å². The van der Waals surface area contributed by atoms with Crippen molar-refractivity contribution >= 4 is 44.5 Å². The Morgan fingerprint density at radius 1 is 1.53 bits per heavy atom. The second-order valence-electron chi connectivity index (χ2n) is 4.28. The Morgan fingerprint density at radius 2 is 2.26 bits per heavy atom. The van der Waals surface area contributed by atoms with E-state index in [0.29, 0.717) is 12.2 Å². The minimum absolute atomic E-state index is 0.0783. The van der Waals surface area contributed by atoms with Crippen molar-refractivity contribution in [3.63, 3.8) is 0 Å². The van der Waals surface area contributed by atoms with E-state index in [2.05, 4.69) is 20.9 Å². The number of thiophene rings is 1. The summed E-state index contributed by atoms with van der Waals surface area (Å²) in [6.45, 7) is 2.44. The third-order valence-corrected chi connectivity index (χ3v) is 5.12. The third-order valence-electron chi connectivity index (χ3n) is 2.52. The molecule has 1 atom stereocenters. The molecule has 19 heavy (non-hydrogen) atoms. The fourth-order valence-electron chi connectivity index (χ4n) is 1.56. The van der Waals surface area contributed by atoms with Gasteiger partial charge in [-0.3, -0.25) is 4.79 Å². The van der Waals surface area contributed by atoms with Crippen molar-refractivity contribution in [2.75, 3.05) is 7.05 Å². The van der Waals surface area contributed by atoms with E-state index >= 15 is 0 Å². The van der Waals surface area contributed by atoms with Crippen molar-refractivity contribution in [2.45, 2.75) is 19.5 Å². The molecule has 0 aliphatic rings. The van der Waals surface area contributed by atoms with E-state index in [9.17, 15) is 4.79 Å². The largest absolute Gasteiger partial charge is 0.336 e. The average Bonchev–Trinajstić information content (AvgIpc) is 2.97. The van der Waals surface area contributed by atoms with Crippen LogP contribution in [0.1, 0.15) is 34.0 Å². The summed E-state index contributed by atoms with van der Waals surface area (Å²) in [4.78, 5) is 18.1. The number of rotatable bonds is 4. The first-order valence-corrected chi connectivity index (χ1v) is 8.22. The topological polar surface area (TPSA) is 59.2 Å². The third kappa shape index (κ3) is 3.62. The second kappa shape index (κ2) is 6.13. The van der Waals surface area contributed by atoms with Gasteiger partial charge in [-0.1, -0.05) is 0 Å². The van der Waals surface area contributed by atoms with Gasteiger partial charge in [-0.15, -0.1) is 22.7 Å². The fourth-order valence-corrected chi connectivity index (χ4v) is 3.52. The minimum atomic E-state index is -0.135. The van der Waals surface area contributed by atoms with Gasteiger partial charge in [-0.2, -0.15) is 0 Å². The van der Waals surface area contributed by atoms with Crippen LogP contribution in [0.2, 0.25) is 0 Å². The first-order valence-electron chi connectivity index (χ1n) is 5.66. The van der Waals surface area contributed by atoms with Gasteiger partial charge < -0.3 is 10.6 Å². The molecule has 2 rings (SSSR count). The molecule has 0 saturated carbocycles. The quantitative estimate of drug-likeness (QED) is 0.911. The number of halogens is 1. The molecule has 2 N–H and O–H groups in total. The van der Waals surface area contributed by atoms with Crippen LogP contribution in [0, 0.1) is 0 Å². The number of nitrogens with zero attached hydrogens (tertiary/aromatic N) is 2. The van der Waals surface area contributed by atoms with Gasteiger partial charge in [-0.05, 0) is 39.9 Å². The van der Waals surface area contributed by atoms with Crippen molar-refractivity contribution < 1.29 is 4.79 Å². The maximum absolute atomic E-state index is 12.2. The lowest BCUT2D eigenvalue weighted by Gasteiger charge is -2.14. The molecule has 0 bridgehead atoms. The fraction of sp³-hybridized carbons (Fsp3) is 0.333. The maximum Gasteiger partial charge on any atom is 0.273 e. The van der Waals surface area contributed by atoms with Crippen LogP contribution >= 0.6 is 38.6 Å². The van der Waals surface area contributed by atoms with E-state index in [1.807, 2.05) is 18.4 Å². The lowest BCUT2D eigenvalue weighted by molar-refractivity contribution is 0.0780. The Bertz CT molecular complexity index is 579. The molecular formula is C12H14BrN3OS2. The Labute approximate surface area is 128 Å². The average molecular weight is 360 g/mol. The molecule has 0 aliphatic carbocycles. The van der Waals surface area contributed by atoms with Crippen LogP contribution in [0.5, 0.6) is 0 Å². The summed E-state index contributed by atoms with van der Waals surface area (Å²) in [6, 6.07) is 1.88. The molecule has 4 nitrogen and oxygen atoms in total. The summed E-state index contributed by atoms with van der Waals surface area (Å²) in [5.74, 6) is -0.0783. The molecule has 0 aromatic carbocycles. The Morgan fingerprint density at radius 3 is 2.79 bits per heavy atom. The van der Waals surface area contributed by atoms with E-state index in [0.717, 1.165) is 14.4 Å². The summed E-state index contributed by atoms with van der Waals surface area (Å²) in [6.07, 6.45) is 0. The van der Waals surface area contributed by atoms with Gasteiger partial charge in [0.2, 0.25) is 0 Å². The molecule has 1 amide bonds. The molecular weight excluding hydrogens is 346 g/mol. The molecule has 7 heteroatoms. The lowest BCUT2D eigenvalue weighted by Crippen LogP contribution is -2.26. The first kappa shape index (κ1) is 14.6. The normalized spacial score (nSPS) is 12.4. The van der Waals surface area contributed by atoms with Crippen LogP contribution in [0.4, 0.5) is 0 Å². The monoisotopic (exact) mass is 359 g/mol. The van der Waals surface area contributed by atoms with Gasteiger partial charge in [0, 0.05) is 19.0 Å². The number of hydrogen-bond acceptors (Lipinski definition) is 5. The van der Waals surface area contributed by atoms with Crippen LogP contribution in [0.3, 0.4) is 0 Å². The minimum Gasteiger partial charge on any atom is -0.336 e. The predicted octanol–water partition coefficient (Wildman–Crippen LogP) is 3.26. The highest BCUT2D eigenvalue weighted by Crippen LogP contribution is 2.22. The molecule has 2 aromatic rings.